The van der Waals surface area contributed by atoms with E-state index in [1.807, 2.05) is 30.3 Å². The van der Waals surface area contributed by atoms with Gasteiger partial charge in [-0.1, -0.05) is 36.6 Å². The lowest BCUT2D eigenvalue weighted by atomic mass is 9.78. The highest BCUT2D eigenvalue weighted by atomic mass is 35.5. The van der Waals surface area contributed by atoms with Crippen molar-refractivity contribution in [3.63, 3.8) is 0 Å². The summed E-state index contributed by atoms with van der Waals surface area (Å²) in [5.41, 5.74) is 1.14. The molecule has 1 amide bonds. The minimum atomic E-state index is -0.518. The number of hydrogen-bond donors (Lipinski definition) is 1. The lowest BCUT2D eigenvalue weighted by Crippen LogP contribution is -2.38. The minimum Gasteiger partial charge on any atom is -0.497 e. The van der Waals surface area contributed by atoms with Gasteiger partial charge in [-0.2, -0.15) is 0 Å². The average molecular weight is 360 g/mol. The van der Waals surface area contributed by atoms with E-state index in [2.05, 4.69) is 5.32 Å². The van der Waals surface area contributed by atoms with Crippen molar-refractivity contribution in [1.29, 1.82) is 0 Å². The summed E-state index contributed by atoms with van der Waals surface area (Å²) in [5, 5.41) is 3.73. The Morgan fingerprint density at radius 1 is 1.04 bits per heavy atom. The summed E-state index contributed by atoms with van der Waals surface area (Å²) in [6, 6.07) is 13.0. The average Bonchev–Trinajstić information content (AvgIpc) is 3.13. The molecule has 0 spiro atoms. The maximum Gasteiger partial charge on any atom is 0.235 e. The van der Waals surface area contributed by atoms with Gasteiger partial charge in [0.1, 0.15) is 11.5 Å². The van der Waals surface area contributed by atoms with E-state index in [0.717, 1.165) is 31.2 Å². The minimum absolute atomic E-state index is 0.00390. The molecule has 5 heteroatoms. The molecule has 132 valence electrons. The molecule has 25 heavy (non-hydrogen) atoms. The summed E-state index contributed by atoms with van der Waals surface area (Å²) >= 11 is 6.01. The number of ether oxygens (including phenoxy) is 2. The Labute approximate surface area is 153 Å². The number of amides is 1. The van der Waals surface area contributed by atoms with Crippen molar-refractivity contribution in [2.75, 3.05) is 19.5 Å². The van der Waals surface area contributed by atoms with Gasteiger partial charge in [-0.25, -0.2) is 0 Å². The molecule has 0 radical (unpaired) electrons. The van der Waals surface area contributed by atoms with Gasteiger partial charge in [-0.05, 0) is 42.7 Å². The fraction of sp³-hybridized carbons (Fsp3) is 0.350. The van der Waals surface area contributed by atoms with Crippen molar-refractivity contribution in [1.82, 2.24) is 0 Å². The molecule has 4 nitrogen and oxygen atoms in total. The molecule has 0 saturated heterocycles. The van der Waals surface area contributed by atoms with E-state index >= 15 is 0 Å². The van der Waals surface area contributed by atoms with Crippen LogP contribution in [-0.2, 0) is 10.2 Å². The third-order valence-electron chi connectivity index (χ3n) is 4.95. The normalized spacial score (nSPS) is 15.6. The molecule has 0 bridgehead atoms. The number of carbonyl (C=O) groups is 1. The van der Waals surface area contributed by atoms with Crippen LogP contribution in [0.15, 0.2) is 42.5 Å². The molecule has 1 aliphatic rings. The highest BCUT2D eigenvalue weighted by Crippen LogP contribution is 2.43. The lowest BCUT2D eigenvalue weighted by Gasteiger charge is -2.28. The number of rotatable bonds is 5. The fourth-order valence-electron chi connectivity index (χ4n) is 3.54. The summed E-state index contributed by atoms with van der Waals surface area (Å²) in [6.07, 6.45) is 3.74. The van der Waals surface area contributed by atoms with Gasteiger partial charge in [0.25, 0.3) is 0 Å². The zero-order valence-corrected chi connectivity index (χ0v) is 15.2. The monoisotopic (exact) mass is 359 g/mol. The van der Waals surface area contributed by atoms with Crippen LogP contribution in [0.2, 0.25) is 5.02 Å². The lowest BCUT2D eigenvalue weighted by molar-refractivity contribution is -0.121. The largest absolute Gasteiger partial charge is 0.497 e. The molecule has 3 rings (SSSR count). The molecule has 2 aromatic rings. The third-order valence-corrected chi connectivity index (χ3v) is 5.20. The summed E-state index contributed by atoms with van der Waals surface area (Å²) in [7, 11) is 3.18. The van der Waals surface area contributed by atoms with E-state index < -0.39 is 5.41 Å². The quantitative estimate of drug-likeness (QED) is 0.833. The van der Waals surface area contributed by atoms with E-state index in [4.69, 9.17) is 21.1 Å². The third kappa shape index (κ3) is 3.45. The van der Waals surface area contributed by atoms with Crippen molar-refractivity contribution >= 4 is 23.2 Å². The molecule has 1 fully saturated rings. The Balaban J connectivity index is 1.91. The predicted molar refractivity (Wildman–Crippen MR) is 99.8 cm³/mol. The van der Waals surface area contributed by atoms with Crippen LogP contribution in [0.3, 0.4) is 0 Å². The Kier molecular flexibility index (Phi) is 5.19. The van der Waals surface area contributed by atoms with E-state index in [0.29, 0.717) is 22.2 Å². The Morgan fingerprint density at radius 2 is 1.72 bits per heavy atom. The number of benzene rings is 2. The van der Waals surface area contributed by atoms with Gasteiger partial charge < -0.3 is 14.8 Å². The van der Waals surface area contributed by atoms with Gasteiger partial charge in [0.05, 0.1) is 25.3 Å². The molecule has 1 saturated carbocycles. The molecule has 0 heterocycles. The summed E-state index contributed by atoms with van der Waals surface area (Å²) in [5.74, 6) is 1.26. The molecule has 0 unspecified atom stereocenters. The van der Waals surface area contributed by atoms with Crippen LogP contribution in [0, 0.1) is 0 Å². The standard InChI is InChI=1S/C20H22ClNO3/c1-24-16-9-10-17(18(13-16)25-2)22-19(23)20(11-3-4-12-20)14-5-7-15(21)8-6-14/h5-10,13H,3-4,11-12H2,1-2H3,(H,22,23). The second-order valence-corrected chi connectivity index (χ2v) is 6.75. The Morgan fingerprint density at radius 3 is 2.32 bits per heavy atom. The van der Waals surface area contributed by atoms with Crippen LogP contribution in [0.1, 0.15) is 31.2 Å². The molecule has 1 N–H and O–H groups in total. The first-order valence-corrected chi connectivity index (χ1v) is 8.76. The van der Waals surface area contributed by atoms with E-state index in [1.54, 1.807) is 26.4 Å². The number of nitrogens with one attached hydrogen (secondary N) is 1. The highest BCUT2D eigenvalue weighted by Gasteiger charge is 2.42. The molecular formula is C20H22ClNO3. The SMILES string of the molecule is COc1ccc(NC(=O)C2(c3ccc(Cl)cc3)CCCC2)c(OC)c1. The Hall–Kier alpha value is -2.20. The maximum absolute atomic E-state index is 13.2. The number of anilines is 1. The van der Waals surface area contributed by atoms with Crippen molar-refractivity contribution in [2.45, 2.75) is 31.1 Å². The maximum atomic E-state index is 13.2. The molecular weight excluding hydrogens is 338 g/mol. The summed E-state index contributed by atoms with van der Waals surface area (Å²) in [6.45, 7) is 0. The number of carbonyl (C=O) groups excluding carboxylic acids is 1. The number of hydrogen-bond acceptors (Lipinski definition) is 3. The second-order valence-electron chi connectivity index (χ2n) is 6.32. The van der Waals surface area contributed by atoms with Crippen LogP contribution in [0.25, 0.3) is 0 Å². The smallest absolute Gasteiger partial charge is 0.235 e. The summed E-state index contributed by atoms with van der Waals surface area (Å²) < 4.78 is 10.6. The van der Waals surface area contributed by atoms with Crippen molar-refractivity contribution in [3.8, 4) is 11.5 Å². The topological polar surface area (TPSA) is 47.6 Å². The van der Waals surface area contributed by atoms with Gasteiger partial charge in [-0.15, -0.1) is 0 Å². The number of methoxy groups -OCH3 is 2. The van der Waals surface area contributed by atoms with E-state index in [9.17, 15) is 4.79 Å². The summed E-state index contributed by atoms with van der Waals surface area (Å²) in [4.78, 5) is 13.2. The van der Waals surface area contributed by atoms with Crippen LogP contribution >= 0.6 is 11.6 Å². The predicted octanol–water partition coefficient (Wildman–Crippen LogP) is 4.81. The van der Waals surface area contributed by atoms with Crippen LogP contribution in [0.4, 0.5) is 5.69 Å². The van der Waals surface area contributed by atoms with Crippen molar-refractivity contribution in [3.05, 3.63) is 53.1 Å². The molecule has 0 atom stereocenters. The van der Waals surface area contributed by atoms with Gasteiger partial charge in [0.15, 0.2) is 0 Å². The van der Waals surface area contributed by atoms with Crippen LogP contribution < -0.4 is 14.8 Å². The van der Waals surface area contributed by atoms with Gasteiger partial charge >= 0.3 is 0 Å². The Bertz CT molecular complexity index is 752. The highest BCUT2D eigenvalue weighted by molar-refractivity contribution is 6.30. The van der Waals surface area contributed by atoms with E-state index in [-0.39, 0.29) is 5.91 Å². The zero-order valence-electron chi connectivity index (χ0n) is 14.5. The molecule has 0 aliphatic heterocycles. The van der Waals surface area contributed by atoms with Gasteiger partial charge in [0, 0.05) is 11.1 Å². The second kappa shape index (κ2) is 7.36. The fourth-order valence-corrected chi connectivity index (χ4v) is 3.66. The first-order valence-electron chi connectivity index (χ1n) is 8.38. The van der Waals surface area contributed by atoms with Gasteiger partial charge in [-0.3, -0.25) is 4.79 Å². The van der Waals surface area contributed by atoms with Crippen molar-refractivity contribution in [2.24, 2.45) is 0 Å². The van der Waals surface area contributed by atoms with Crippen LogP contribution in [-0.4, -0.2) is 20.1 Å². The zero-order chi connectivity index (χ0) is 17.9. The van der Waals surface area contributed by atoms with Gasteiger partial charge in [0.2, 0.25) is 5.91 Å². The number of halogens is 1. The molecule has 0 aromatic heterocycles. The van der Waals surface area contributed by atoms with Crippen molar-refractivity contribution < 1.29 is 14.3 Å². The van der Waals surface area contributed by atoms with Crippen LogP contribution in [0.5, 0.6) is 11.5 Å². The molecule has 2 aromatic carbocycles. The first kappa shape index (κ1) is 17.6. The van der Waals surface area contributed by atoms with E-state index in [1.165, 1.54) is 0 Å². The molecule has 1 aliphatic carbocycles. The first-order chi connectivity index (χ1) is 12.1.